The van der Waals surface area contributed by atoms with Crippen LogP contribution in [0.25, 0.3) is 0 Å². The predicted molar refractivity (Wildman–Crippen MR) is 55.1 cm³/mol. The molecule has 14 heavy (non-hydrogen) atoms. The quantitative estimate of drug-likeness (QED) is 0.767. The summed E-state index contributed by atoms with van der Waals surface area (Å²) in [5.74, 6) is 0. The van der Waals surface area contributed by atoms with Gasteiger partial charge in [-0.15, -0.1) is 0 Å². The first-order valence-corrected chi connectivity index (χ1v) is 5.88. The minimum Gasteiger partial charge on any atom is -0.282 e. The van der Waals surface area contributed by atoms with Crippen molar-refractivity contribution in [3.05, 3.63) is 28.8 Å². The summed E-state index contributed by atoms with van der Waals surface area (Å²) in [6, 6.07) is 3.32. The Kier molecular flexibility index (Phi) is 2.97. The maximum Gasteiger partial charge on any atom is 0.294 e. The van der Waals surface area contributed by atoms with Gasteiger partial charge in [-0.3, -0.25) is 4.55 Å². The third-order valence-electron chi connectivity index (χ3n) is 2.29. The molecular weight excluding hydrogens is 200 g/mol. The average Bonchev–Trinajstić information content (AvgIpc) is 2.02. The summed E-state index contributed by atoms with van der Waals surface area (Å²) in [7, 11) is -4.08. The fourth-order valence-electron chi connectivity index (χ4n) is 1.53. The molecule has 0 aliphatic carbocycles. The number of hydrogen-bond donors (Lipinski definition) is 1. The van der Waals surface area contributed by atoms with Crippen molar-refractivity contribution in [2.45, 2.75) is 32.1 Å². The summed E-state index contributed by atoms with van der Waals surface area (Å²) in [4.78, 5) is 0.0138. The molecule has 0 amide bonds. The SMILES string of the molecule is CCc1cc(S(=O)(=O)O)c(C)cc1C. The molecule has 0 atom stereocenters. The van der Waals surface area contributed by atoms with Gasteiger partial charge in [0.2, 0.25) is 0 Å². The maximum absolute atomic E-state index is 11.0. The summed E-state index contributed by atoms with van der Waals surface area (Å²) in [6.45, 7) is 5.56. The minimum atomic E-state index is -4.08. The first-order valence-electron chi connectivity index (χ1n) is 4.44. The third kappa shape index (κ3) is 2.13. The lowest BCUT2D eigenvalue weighted by atomic mass is 10.0. The molecule has 0 saturated carbocycles. The van der Waals surface area contributed by atoms with Gasteiger partial charge in [0.15, 0.2) is 0 Å². The Labute approximate surface area is 84.5 Å². The highest BCUT2D eigenvalue weighted by atomic mass is 32.2. The zero-order valence-corrected chi connectivity index (χ0v) is 9.35. The van der Waals surface area contributed by atoms with E-state index < -0.39 is 10.1 Å². The van der Waals surface area contributed by atoms with E-state index in [1.54, 1.807) is 19.1 Å². The van der Waals surface area contributed by atoms with Gasteiger partial charge in [0.1, 0.15) is 0 Å². The number of rotatable bonds is 2. The first kappa shape index (κ1) is 11.2. The van der Waals surface area contributed by atoms with Crippen LogP contribution < -0.4 is 0 Å². The summed E-state index contributed by atoms with van der Waals surface area (Å²) in [5, 5.41) is 0. The molecule has 0 aliphatic rings. The van der Waals surface area contributed by atoms with Gasteiger partial charge in [0, 0.05) is 0 Å². The Hall–Kier alpha value is -0.870. The first-order chi connectivity index (χ1) is 6.36. The van der Waals surface area contributed by atoms with Gasteiger partial charge in [0.25, 0.3) is 10.1 Å². The standard InChI is InChI=1S/C10H14O3S/c1-4-9-6-10(14(11,12)13)8(3)5-7(9)2/h5-6H,4H2,1-3H3,(H,11,12,13). The van der Waals surface area contributed by atoms with E-state index in [9.17, 15) is 8.42 Å². The van der Waals surface area contributed by atoms with E-state index >= 15 is 0 Å². The molecule has 0 radical (unpaired) electrons. The van der Waals surface area contributed by atoms with E-state index in [-0.39, 0.29) is 4.90 Å². The van der Waals surface area contributed by atoms with Crippen LogP contribution in [0.15, 0.2) is 17.0 Å². The Bertz CT molecular complexity index is 447. The Balaban J connectivity index is 3.47. The molecule has 0 aromatic heterocycles. The fraction of sp³-hybridized carbons (Fsp3) is 0.400. The molecule has 0 heterocycles. The van der Waals surface area contributed by atoms with Gasteiger partial charge < -0.3 is 0 Å². The van der Waals surface area contributed by atoms with E-state index in [1.165, 1.54) is 0 Å². The van der Waals surface area contributed by atoms with Crippen molar-refractivity contribution >= 4 is 10.1 Å². The van der Waals surface area contributed by atoms with Crippen molar-refractivity contribution in [1.29, 1.82) is 0 Å². The number of hydrogen-bond acceptors (Lipinski definition) is 2. The topological polar surface area (TPSA) is 54.4 Å². The van der Waals surface area contributed by atoms with Crippen molar-refractivity contribution in [2.24, 2.45) is 0 Å². The molecule has 0 spiro atoms. The maximum atomic E-state index is 11.0. The second kappa shape index (κ2) is 3.71. The Morgan fingerprint density at radius 2 is 1.79 bits per heavy atom. The van der Waals surface area contributed by atoms with Gasteiger partial charge in [-0.05, 0) is 43.0 Å². The van der Waals surface area contributed by atoms with Crippen molar-refractivity contribution in [3.63, 3.8) is 0 Å². The monoisotopic (exact) mass is 214 g/mol. The van der Waals surface area contributed by atoms with E-state index in [0.717, 1.165) is 17.5 Å². The summed E-state index contributed by atoms with van der Waals surface area (Å²) < 4.78 is 30.9. The van der Waals surface area contributed by atoms with Gasteiger partial charge in [-0.2, -0.15) is 8.42 Å². The predicted octanol–water partition coefficient (Wildman–Crippen LogP) is 2.11. The Morgan fingerprint density at radius 3 is 2.21 bits per heavy atom. The molecule has 0 bridgehead atoms. The lowest BCUT2D eigenvalue weighted by Gasteiger charge is -2.08. The van der Waals surface area contributed by atoms with Crippen molar-refractivity contribution < 1.29 is 13.0 Å². The van der Waals surface area contributed by atoms with Crippen molar-refractivity contribution in [2.75, 3.05) is 0 Å². The highest BCUT2D eigenvalue weighted by molar-refractivity contribution is 7.85. The Morgan fingerprint density at radius 1 is 1.21 bits per heavy atom. The lowest BCUT2D eigenvalue weighted by Crippen LogP contribution is -2.03. The number of aryl methyl sites for hydroxylation is 3. The van der Waals surface area contributed by atoms with Crippen LogP contribution >= 0.6 is 0 Å². The average molecular weight is 214 g/mol. The molecule has 0 fully saturated rings. The van der Waals surface area contributed by atoms with Crippen LogP contribution in [0.4, 0.5) is 0 Å². The molecule has 4 heteroatoms. The minimum absolute atomic E-state index is 0.0138. The van der Waals surface area contributed by atoms with Crippen LogP contribution in [-0.4, -0.2) is 13.0 Å². The molecular formula is C10H14O3S. The second-order valence-corrected chi connectivity index (χ2v) is 4.76. The van der Waals surface area contributed by atoms with Crippen LogP contribution in [0.5, 0.6) is 0 Å². The van der Waals surface area contributed by atoms with Crippen molar-refractivity contribution in [1.82, 2.24) is 0 Å². The van der Waals surface area contributed by atoms with Crippen LogP contribution in [0.1, 0.15) is 23.6 Å². The number of benzene rings is 1. The van der Waals surface area contributed by atoms with Crippen LogP contribution in [0.3, 0.4) is 0 Å². The normalized spacial score (nSPS) is 11.7. The van der Waals surface area contributed by atoms with Crippen LogP contribution in [0.2, 0.25) is 0 Å². The lowest BCUT2D eigenvalue weighted by molar-refractivity contribution is 0.482. The van der Waals surface area contributed by atoms with Gasteiger partial charge in [0.05, 0.1) is 4.90 Å². The van der Waals surface area contributed by atoms with E-state index in [0.29, 0.717) is 5.56 Å². The summed E-state index contributed by atoms with van der Waals surface area (Å²) >= 11 is 0. The highest BCUT2D eigenvalue weighted by Crippen LogP contribution is 2.20. The van der Waals surface area contributed by atoms with Gasteiger partial charge in [-0.1, -0.05) is 13.0 Å². The fourth-order valence-corrected chi connectivity index (χ4v) is 2.29. The van der Waals surface area contributed by atoms with Gasteiger partial charge >= 0.3 is 0 Å². The smallest absolute Gasteiger partial charge is 0.282 e. The molecule has 0 unspecified atom stereocenters. The molecule has 0 aliphatic heterocycles. The molecule has 0 saturated heterocycles. The zero-order valence-electron chi connectivity index (χ0n) is 8.53. The molecule has 1 N–H and O–H groups in total. The molecule has 78 valence electrons. The summed E-state index contributed by atoms with van der Waals surface area (Å²) in [5.41, 5.74) is 2.59. The molecule has 3 nitrogen and oxygen atoms in total. The molecule has 1 aromatic carbocycles. The van der Waals surface area contributed by atoms with E-state index in [2.05, 4.69) is 0 Å². The largest absolute Gasteiger partial charge is 0.294 e. The van der Waals surface area contributed by atoms with Gasteiger partial charge in [-0.25, -0.2) is 0 Å². The van der Waals surface area contributed by atoms with Crippen LogP contribution in [0, 0.1) is 13.8 Å². The van der Waals surface area contributed by atoms with E-state index in [4.69, 9.17) is 4.55 Å². The molecule has 1 rings (SSSR count). The summed E-state index contributed by atoms with van der Waals surface area (Å²) in [6.07, 6.45) is 0.759. The second-order valence-electron chi connectivity index (χ2n) is 3.37. The third-order valence-corrected chi connectivity index (χ3v) is 3.29. The highest BCUT2D eigenvalue weighted by Gasteiger charge is 2.14. The van der Waals surface area contributed by atoms with E-state index in [1.807, 2.05) is 13.8 Å². The zero-order chi connectivity index (χ0) is 10.9. The van der Waals surface area contributed by atoms with Crippen LogP contribution in [-0.2, 0) is 16.5 Å². The molecule has 1 aromatic rings. The van der Waals surface area contributed by atoms with Crippen molar-refractivity contribution in [3.8, 4) is 0 Å².